The number of rotatable bonds is 5. The largest absolute Gasteiger partial charge is 0.416 e. The summed E-state index contributed by atoms with van der Waals surface area (Å²) in [5.41, 5.74) is -0.490. The van der Waals surface area contributed by atoms with Gasteiger partial charge >= 0.3 is 6.18 Å². The highest BCUT2D eigenvalue weighted by Gasteiger charge is 2.44. The number of imide groups is 1. The molecule has 0 aliphatic carbocycles. The lowest BCUT2D eigenvalue weighted by Gasteiger charge is -2.16. The van der Waals surface area contributed by atoms with Gasteiger partial charge in [-0.3, -0.25) is 9.59 Å². The molecule has 2 aromatic carbocycles. The Morgan fingerprint density at radius 1 is 1.00 bits per heavy atom. The van der Waals surface area contributed by atoms with E-state index in [0.717, 1.165) is 29.2 Å². The Bertz CT molecular complexity index is 1370. The minimum absolute atomic E-state index is 0.00560. The van der Waals surface area contributed by atoms with Crippen LogP contribution in [-0.4, -0.2) is 26.3 Å². The first-order chi connectivity index (χ1) is 15.9. The predicted molar refractivity (Wildman–Crippen MR) is 121 cm³/mol. The molecule has 1 aliphatic rings. The Morgan fingerprint density at radius 3 is 2.18 bits per heavy atom. The van der Waals surface area contributed by atoms with E-state index >= 15 is 0 Å². The fourth-order valence-corrected chi connectivity index (χ4v) is 4.56. The highest BCUT2D eigenvalue weighted by Crippen LogP contribution is 2.34. The second-order valence-corrected chi connectivity index (χ2v) is 9.83. The van der Waals surface area contributed by atoms with Crippen molar-refractivity contribution in [2.45, 2.75) is 17.1 Å². The number of primary sulfonamides is 1. The molecule has 2 amide bonds. The lowest BCUT2D eigenvalue weighted by Crippen LogP contribution is -2.34. The van der Waals surface area contributed by atoms with Gasteiger partial charge in [0.2, 0.25) is 10.0 Å². The van der Waals surface area contributed by atoms with Gasteiger partial charge in [0.05, 0.1) is 21.7 Å². The van der Waals surface area contributed by atoms with E-state index in [0.29, 0.717) is 10.6 Å². The van der Waals surface area contributed by atoms with Crippen LogP contribution in [0.25, 0.3) is 6.08 Å². The summed E-state index contributed by atoms with van der Waals surface area (Å²) in [6.07, 6.45) is -3.03. The van der Waals surface area contributed by atoms with Gasteiger partial charge < -0.3 is 5.32 Å². The van der Waals surface area contributed by atoms with Gasteiger partial charge in [0.15, 0.2) is 0 Å². The van der Waals surface area contributed by atoms with E-state index in [1.54, 1.807) is 17.5 Å². The molecule has 1 unspecified atom stereocenters. The van der Waals surface area contributed by atoms with Crippen LogP contribution in [0.4, 0.5) is 24.5 Å². The molecule has 176 valence electrons. The highest BCUT2D eigenvalue weighted by molar-refractivity contribution is 7.89. The number of sulfonamides is 1. The summed E-state index contributed by atoms with van der Waals surface area (Å²) in [4.78, 5) is 27.8. The zero-order chi connectivity index (χ0) is 24.7. The molecule has 0 bridgehead atoms. The third-order valence-corrected chi connectivity index (χ3v) is 6.76. The maximum Gasteiger partial charge on any atom is 0.416 e. The number of nitrogens with one attached hydrogen (secondary N) is 1. The van der Waals surface area contributed by atoms with Crippen LogP contribution >= 0.6 is 11.3 Å². The first-order valence-electron chi connectivity index (χ1n) is 9.65. The SMILES string of the molecule is NS(=O)(=O)c1ccc(NC2C(=O)N(c3ccc(C(F)(F)F)cc3)C(=O)/C2=C/c2cccs2)cc1. The molecule has 0 spiro atoms. The van der Waals surface area contributed by atoms with Gasteiger partial charge in [-0.05, 0) is 66.1 Å². The van der Waals surface area contributed by atoms with Crippen LogP contribution in [0.1, 0.15) is 10.4 Å². The van der Waals surface area contributed by atoms with Crippen LogP contribution in [0.3, 0.4) is 0 Å². The van der Waals surface area contributed by atoms with Crippen molar-refractivity contribution in [1.82, 2.24) is 0 Å². The number of amides is 2. The van der Waals surface area contributed by atoms with Crippen molar-refractivity contribution in [1.29, 1.82) is 0 Å². The molecule has 0 radical (unpaired) electrons. The van der Waals surface area contributed by atoms with Crippen molar-refractivity contribution in [2.24, 2.45) is 5.14 Å². The van der Waals surface area contributed by atoms with E-state index in [9.17, 15) is 31.2 Å². The van der Waals surface area contributed by atoms with Crippen molar-refractivity contribution in [3.05, 3.63) is 82.1 Å². The summed E-state index contributed by atoms with van der Waals surface area (Å²) >= 11 is 1.34. The number of thiophene rings is 1. The number of nitrogens with two attached hydrogens (primary N) is 1. The quantitative estimate of drug-likeness (QED) is 0.403. The van der Waals surface area contributed by atoms with Crippen LogP contribution in [0, 0.1) is 0 Å². The van der Waals surface area contributed by atoms with Crippen molar-refractivity contribution in [3.63, 3.8) is 0 Å². The predicted octanol–water partition coefficient (Wildman–Crippen LogP) is 3.85. The summed E-state index contributed by atoms with van der Waals surface area (Å²) in [6.45, 7) is 0. The van der Waals surface area contributed by atoms with E-state index in [1.165, 1.54) is 41.7 Å². The lowest BCUT2D eigenvalue weighted by molar-refractivity contribution is -0.137. The van der Waals surface area contributed by atoms with E-state index in [-0.39, 0.29) is 16.2 Å². The third-order valence-electron chi connectivity index (χ3n) is 5.02. The minimum atomic E-state index is -4.56. The summed E-state index contributed by atoms with van der Waals surface area (Å²) in [5, 5.41) is 9.79. The number of anilines is 2. The Hall–Kier alpha value is -3.48. The summed E-state index contributed by atoms with van der Waals surface area (Å²) in [6, 6.07) is 11.3. The molecule has 1 aliphatic heterocycles. The Morgan fingerprint density at radius 2 is 1.65 bits per heavy atom. The van der Waals surface area contributed by atoms with E-state index in [2.05, 4.69) is 5.32 Å². The number of benzene rings is 2. The van der Waals surface area contributed by atoms with Gasteiger partial charge in [-0.2, -0.15) is 13.2 Å². The third kappa shape index (κ3) is 4.74. The molecule has 1 atom stereocenters. The molecule has 3 aromatic rings. The Labute approximate surface area is 196 Å². The van der Waals surface area contributed by atoms with Gasteiger partial charge in [-0.25, -0.2) is 18.5 Å². The molecule has 0 saturated carbocycles. The topological polar surface area (TPSA) is 110 Å². The number of hydrogen-bond donors (Lipinski definition) is 2. The molecular weight excluding hydrogens is 491 g/mol. The molecule has 34 heavy (non-hydrogen) atoms. The lowest BCUT2D eigenvalue weighted by atomic mass is 10.1. The highest BCUT2D eigenvalue weighted by atomic mass is 32.2. The number of halogens is 3. The molecule has 4 rings (SSSR count). The average molecular weight is 508 g/mol. The molecule has 1 saturated heterocycles. The number of carbonyl (C=O) groups is 2. The number of hydrogen-bond acceptors (Lipinski definition) is 6. The van der Waals surface area contributed by atoms with Crippen LogP contribution in [0.15, 0.2) is 76.5 Å². The molecule has 2 heterocycles. The van der Waals surface area contributed by atoms with Gasteiger partial charge in [-0.15, -0.1) is 11.3 Å². The second kappa shape index (κ2) is 8.70. The molecule has 1 aromatic heterocycles. The summed E-state index contributed by atoms with van der Waals surface area (Å²) in [5.74, 6) is -1.38. The van der Waals surface area contributed by atoms with E-state index < -0.39 is 39.6 Å². The maximum absolute atomic E-state index is 13.2. The monoisotopic (exact) mass is 507 g/mol. The van der Waals surface area contributed by atoms with Gasteiger partial charge in [-0.1, -0.05) is 6.07 Å². The molecule has 7 nitrogen and oxygen atoms in total. The van der Waals surface area contributed by atoms with Crippen molar-refractivity contribution < 1.29 is 31.2 Å². The Balaban J connectivity index is 1.70. The van der Waals surface area contributed by atoms with Crippen LogP contribution in [-0.2, 0) is 25.8 Å². The van der Waals surface area contributed by atoms with Crippen LogP contribution in [0.2, 0.25) is 0 Å². The molecule has 12 heteroatoms. The maximum atomic E-state index is 13.2. The minimum Gasteiger partial charge on any atom is -0.370 e. The first-order valence-corrected chi connectivity index (χ1v) is 12.1. The van der Waals surface area contributed by atoms with Crippen LogP contribution in [0.5, 0.6) is 0 Å². The fourth-order valence-electron chi connectivity index (χ4n) is 3.38. The van der Waals surface area contributed by atoms with Gasteiger partial charge in [0.25, 0.3) is 11.8 Å². The smallest absolute Gasteiger partial charge is 0.370 e. The Kier molecular flexibility index (Phi) is 6.06. The first kappa shape index (κ1) is 23.7. The van der Waals surface area contributed by atoms with Crippen molar-refractivity contribution in [3.8, 4) is 0 Å². The van der Waals surface area contributed by atoms with Gasteiger partial charge in [0.1, 0.15) is 6.04 Å². The zero-order valence-electron chi connectivity index (χ0n) is 17.1. The van der Waals surface area contributed by atoms with Crippen LogP contribution < -0.4 is 15.4 Å². The summed E-state index contributed by atoms with van der Waals surface area (Å²) in [7, 11) is -3.92. The number of carbonyl (C=O) groups excluding carboxylic acids is 2. The van der Waals surface area contributed by atoms with Crippen molar-refractivity contribution in [2.75, 3.05) is 10.2 Å². The van der Waals surface area contributed by atoms with Gasteiger partial charge in [0, 0.05) is 10.6 Å². The zero-order valence-corrected chi connectivity index (χ0v) is 18.7. The van der Waals surface area contributed by atoms with E-state index in [4.69, 9.17) is 5.14 Å². The standard InChI is InChI=1S/C22H16F3N3O4S2/c23-22(24,25)13-3-7-15(8-4-13)28-20(29)18(12-16-2-1-11-33-16)19(21(28)30)27-14-5-9-17(10-6-14)34(26,31)32/h1-12,19,27H,(H2,26,31,32)/b18-12+. The normalized spacial score (nSPS) is 18.1. The number of alkyl halides is 3. The average Bonchev–Trinajstić information content (AvgIpc) is 3.36. The summed E-state index contributed by atoms with van der Waals surface area (Å²) < 4.78 is 61.7. The molecule has 3 N–H and O–H groups in total. The molecule has 1 fully saturated rings. The molecular formula is C22H16F3N3O4S2. The fraction of sp³-hybridized carbons (Fsp3) is 0.0909. The van der Waals surface area contributed by atoms with E-state index in [1.807, 2.05) is 0 Å². The second-order valence-electron chi connectivity index (χ2n) is 7.29. The number of nitrogens with zero attached hydrogens (tertiary/aromatic N) is 1. The van der Waals surface area contributed by atoms with Crippen molar-refractivity contribution >= 4 is 50.6 Å².